The topological polar surface area (TPSA) is 60.1 Å². The molecule has 6 rings (SSSR count). The van der Waals surface area contributed by atoms with Gasteiger partial charge < -0.3 is 20.1 Å². The second-order valence-corrected chi connectivity index (χ2v) is 11.8. The van der Waals surface area contributed by atoms with Crippen LogP contribution in [0.25, 0.3) is 11.0 Å². The maximum absolute atomic E-state index is 6.46. The van der Waals surface area contributed by atoms with Crippen molar-refractivity contribution in [3.63, 3.8) is 0 Å². The van der Waals surface area contributed by atoms with Crippen LogP contribution in [0.5, 0.6) is 0 Å². The van der Waals surface area contributed by atoms with Gasteiger partial charge in [-0.15, -0.1) is 0 Å². The lowest BCUT2D eigenvalue weighted by molar-refractivity contribution is 0.0294. The number of piperidine rings is 1. The number of anilines is 2. The Kier molecular flexibility index (Phi) is 6.32. The number of rotatable bonds is 6. The Hall–Kier alpha value is -2.02. The smallest absolute Gasteiger partial charge is 0.228 e. The number of nitrogens with zero attached hydrogens (tertiary/aromatic N) is 4. The van der Waals surface area contributed by atoms with Crippen LogP contribution in [0.1, 0.15) is 51.1 Å². The maximum Gasteiger partial charge on any atom is 0.228 e. The van der Waals surface area contributed by atoms with Gasteiger partial charge in [0, 0.05) is 41.9 Å². The van der Waals surface area contributed by atoms with E-state index in [2.05, 4.69) is 33.9 Å². The lowest BCUT2D eigenvalue weighted by Gasteiger charge is -2.50. The summed E-state index contributed by atoms with van der Waals surface area (Å²) < 4.78 is 0. The van der Waals surface area contributed by atoms with E-state index in [1.165, 1.54) is 38.8 Å². The highest BCUT2D eigenvalue weighted by Crippen LogP contribution is 2.38. The molecule has 0 radical (unpaired) electrons. The van der Waals surface area contributed by atoms with Gasteiger partial charge in [-0.1, -0.05) is 36.2 Å². The van der Waals surface area contributed by atoms with Crippen LogP contribution >= 0.6 is 23.2 Å². The third-order valence-electron chi connectivity index (χ3n) is 8.39. The fraction of sp³-hybridized carbons (Fsp3) is 0.556. The SMILES string of the molecule is CC1CC(N2CCC[C@H](C3CN(c4nc(N[C@H](C)c5ccc(Cl)cc5Cl)c5[nH]ccc5n4)C3)C2)C1. The molecule has 1 aliphatic carbocycles. The molecule has 3 aromatic rings. The van der Waals surface area contributed by atoms with Crippen molar-refractivity contribution >= 4 is 46.0 Å². The van der Waals surface area contributed by atoms with Crippen molar-refractivity contribution in [3.05, 3.63) is 46.1 Å². The molecule has 0 unspecified atom stereocenters. The Labute approximate surface area is 217 Å². The lowest BCUT2D eigenvalue weighted by atomic mass is 9.76. The fourth-order valence-electron chi connectivity index (χ4n) is 6.20. The van der Waals surface area contributed by atoms with Crippen LogP contribution in [0.2, 0.25) is 10.0 Å². The molecule has 1 aromatic carbocycles. The first-order valence-corrected chi connectivity index (χ1v) is 13.8. The van der Waals surface area contributed by atoms with Crippen molar-refractivity contribution < 1.29 is 0 Å². The average molecular weight is 514 g/mol. The molecule has 2 aliphatic heterocycles. The van der Waals surface area contributed by atoms with E-state index in [-0.39, 0.29) is 6.04 Å². The van der Waals surface area contributed by atoms with Crippen molar-refractivity contribution in [1.82, 2.24) is 19.9 Å². The molecule has 2 atom stereocenters. The zero-order valence-electron chi connectivity index (χ0n) is 20.5. The summed E-state index contributed by atoms with van der Waals surface area (Å²) in [4.78, 5) is 18.2. The minimum absolute atomic E-state index is 0.0272. The summed E-state index contributed by atoms with van der Waals surface area (Å²) in [6, 6.07) is 8.45. The Morgan fingerprint density at radius 1 is 1.09 bits per heavy atom. The third kappa shape index (κ3) is 4.61. The molecule has 1 saturated carbocycles. The number of hydrogen-bond acceptors (Lipinski definition) is 5. The minimum atomic E-state index is -0.0272. The van der Waals surface area contributed by atoms with Crippen LogP contribution in [0.3, 0.4) is 0 Å². The number of halogens is 2. The molecule has 4 heterocycles. The van der Waals surface area contributed by atoms with Gasteiger partial charge in [-0.3, -0.25) is 0 Å². The molecular weight excluding hydrogens is 479 g/mol. The van der Waals surface area contributed by atoms with Crippen molar-refractivity contribution in [1.29, 1.82) is 0 Å². The highest BCUT2D eigenvalue weighted by Gasteiger charge is 2.40. The van der Waals surface area contributed by atoms with E-state index in [1.54, 1.807) is 6.07 Å². The van der Waals surface area contributed by atoms with Crippen LogP contribution in [0, 0.1) is 17.8 Å². The van der Waals surface area contributed by atoms with E-state index >= 15 is 0 Å². The molecule has 0 amide bonds. The van der Waals surface area contributed by atoms with Gasteiger partial charge in [0.05, 0.1) is 11.6 Å². The van der Waals surface area contributed by atoms with E-state index < -0.39 is 0 Å². The van der Waals surface area contributed by atoms with E-state index in [1.807, 2.05) is 24.4 Å². The molecule has 6 nitrogen and oxygen atoms in total. The Bertz CT molecular complexity index is 1200. The second kappa shape index (κ2) is 9.45. The Balaban J connectivity index is 1.15. The van der Waals surface area contributed by atoms with Crippen LogP contribution in [0.4, 0.5) is 11.8 Å². The zero-order chi connectivity index (χ0) is 24.1. The first-order valence-electron chi connectivity index (χ1n) is 13.0. The molecule has 3 aliphatic rings. The summed E-state index contributed by atoms with van der Waals surface area (Å²) in [5.41, 5.74) is 2.83. The van der Waals surface area contributed by atoms with Gasteiger partial charge in [0.1, 0.15) is 5.52 Å². The quantitative estimate of drug-likeness (QED) is 0.400. The highest BCUT2D eigenvalue weighted by molar-refractivity contribution is 6.35. The molecule has 2 saturated heterocycles. The molecule has 186 valence electrons. The summed E-state index contributed by atoms with van der Waals surface area (Å²) in [6.45, 7) is 9.14. The van der Waals surface area contributed by atoms with Crippen molar-refractivity contribution in [3.8, 4) is 0 Å². The molecule has 2 aromatic heterocycles. The molecular formula is C27H34Cl2N6. The molecule has 8 heteroatoms. The number of benzene rings is 1. The number of likely N-dealkylation sites (tertiary alicyclic amines) is 1. The standard InChI is InChI=1S/C27H34Cl2N6/c1-16-10-21(11-16)34-9-3-4-18(13-34)19-14-35(15-19)27-32-24-7-8-30-25(24)26(33-27)31-17(2)22-6-5-20(28)12-23(22)29/h5-8,12,16-19,21,30H,3-4,9-11,13-15H2,1-2H3,(H,31,32,33)/t16?,17-,18+,21?/m1/s1. The van der Waals surface area contributed by atoms with E-state index in [4.69, 9.17) is 33.2 Å². The lowest BCUT2D eigenvalue weighted by Crippen LogP contribution is -2.56. The fourth-order valence-corrected chi connectivity index (χ4v) is 6.78. The molecule has 0 bridgehead atoms. The highest BCUT2D eigenvalue weighted by atomic mass is 35.5. The third-order valence-corrected chi connectivity index (χ3v) is 8.95. The van der Waals surface area contributed by atoms with Gasteiger partial charge in [-0.2, -0.15) is 4.98 Å². The van der Waals surface area contributed by atoms with Crippen molar-refractivity contribution in [2.24, 2.45) is 17.8 Å². The average Bonchev–Trinajstić information content (AvgIpc) is 3.25. The zero-order valence-corrected chi connectivity index (χ0v) is 22.0. The van der Waals surface area contributed by atoms with Crippen LogP contribution < -0.4 is 10.2 Å². The van der Waals surface area contributed by atoms with Crippen LogP contribution in [-0.4, -0.2) is 52.1 Å². The van der Waals surface area contributed by atoms with E-state index in [0.29, 0.717) is 10.0 Å². The van der Waals surface area contributed by atoms with Crippen LogP contribution in [0.15, 0.2) is 30.5 Å². The normalized spacial score (nSPS) is 26.4. The first kappa shape index (κ1) is 23.4. The predicted molar refractivity (Wildman–Crippen MR) is 145 cm³/mol. The predicted octanol–water partition coefficient (Wildman–Crippen LogP) is 6.38. The first-order chi connectivity index (χ1) is 16.9. The Morgan fingerprint density at radius 2 is 1.91 bits per heavy atom. The molecule has 3 fully saturated rings. The number of aromatic nitrogens is 3. The summed E-state index contributed by atoms with van der Waals surface area (Å²) in [5, 5.41) is 4.84. The van der Waals surface area contributed by atoms with E-state index in [0.717, 1.165) is 65.2 Å². The van der Waals surface area contributed by atoms with Gasteiger partial charge >= 0.3 is 0 Å². The van der Waals surface area contributed by atoms with Crippen molar-refractivity contribution in [2.45, 2.75) is 51.6 Å². The number of H-pyrrole nitrogens is 1. The van der Waals surface area contributed by atoms with Gasteiger partial charge in [0.15, 0.2) is 5.82 Å². The summed E-state index contributed by atoms with van der Waals surface area (Å²) in [5.74, 6) is 4.08. The summed E-state index contributed by atoms with van der Waals surface area (Å²) in [6.07, 6.45) is 7.41. The minimum Gasteiger partial charge on any atom is -0.362 e. The summed E-state index contributed by atoms with van der Waals surface area (Å²) in [7, 11) is 0. The Morgan fingerprint density at radius 3 is 2.69 bits per heavy atom. The largest absolute Gasteiger partial charge is 0.362 e. The number of fused-ring (bicyclic) bond motifs is 1. The van der Waals surface area contributed by atoms with Gasteiger partial charge in [-0.25, -0.2) is 4.98 Å². The molecule has 2 N–H and O–H groups in total. The number of hydrogen-bond donors (Lipinski definition) is 2. The molecule has 35 heavy (non-hydrogen) atoms. The maximum atomic E-state index is 6.46. The summed E-state index contributed by atoms with van der Waals surface area (Å²) >= 11 is 12.6. The molecule has 0 spiro atoms. The number of nitrogens with one attached hydrogen (secondary N) is 2. The number of aromatic amines is 1. The van der Waals surface area contributed by atoms with Crippen LogP contribution in [-0.2, 0) is 0 Å². The van der Waals surface area contributed by atoms with E-state index in [9.17, 15) is 0 Å². The van der Waals surface area contributed by atoms with Gasteiger partial charge in [-0.05, 0) is 80.7 Å². The second-order valence-electron chi connectivity index (χ2n) is 10.9. The van der Waals surface area contributed by atoms with Crippen molar-refractivity contribution in [2.75, 3.05) is 36.4 Å². The monoisotopic (exact) mass is 512 g/mol. The van der Waals surface area contributed by atoms with Gasteiger partial charge in [0.2, 0.25) is 5.95 Å². The van der Waals surface area contributed by atoms with Gasteiger partial charge in [0.25, 0.3) is 0 Å².